The molecule has 0 heterocycles. The Kier molecular flexibility index (Phi) is 7.29. The highest BCUT2D eigenvalue weighted by Gasteiger charge is 2.21. The van der Waals surface area contributed by atoms with E-state index in [4.69, 9.17) is 16.3 Å². The molecule has 0 saturated carbocycles. The predicted molar refractivity (Wildman–Crippen MR) is 69.3 cm³/mol. The van der Waals surface area contributed by atoms with Gasteiger partial charge in [0, 0.05) is 0 Å². The number of hydrogen-bond donors (Lipinski definition) is 0. The minimum Gasteiger partial charge on any atom is -1.00 e. The third-order valence-corrected chi connectivity index (χ3v) is 2.55. The van der Waals surface area contributed by atoms with Crippen LogP contribution in [0.15, 0.2) is 30.3 Å². The highest BCUT2D eigenvalue weighted by molar-refractivity contribution is 6.18. The zero-order valence-electron chi connectivity index (χ0n) is 10.9. The summed E-state index contributed by atoms with van der Waals surface area (Å²) in [5.74, 6) is -0.00151. The van der Waals surface area contributed by atoms with Gasteiger partial charge in [0.25, 0.3) is 0 Å². The molecule has 0 bridgehead atoms. The number of quaternary nitrogens is 1. The maximum atomic E-state index is 11.8. The van der Waals surface area contributed by atoms with Crippen LogP contribution in [0, 0.1) is 0 Å². The lowest BCUT2D eigenvalue weighted by Crippen LogP contribution is -3.00. The van der Waals surface area contributed by atoms with Gasteiger partial charge in [-0.05, 0) is 12.1 Å². The van der Waals surface area contributed by atoms with Crippen LogP contribution in [0.5, 0.6) is 0 Å². The topological polar surface area (TPSA) is 26.3 Å². The molecule has 1 aromatic rings. The molecule has 0 aliphatic heterocycles. The molecular weight excluding hydrogens is 273 g/mol. The van der Waals surface area contributed by atoms with Crippen molar-refractivity contribution >= 4 is 17.6 Å². The molecule has 0 aliphatic carbocycles. The van der Waals surface area contributed by atoms with Crippen LogP contribution >= 0.6 is 11.6 Å². The monoisotopic (exact) mass is 291 g/mol. The summed E-state index contributed by atoms with van der Waals surface area (Å²) >= 11 is 5.82. The van der Waals surface area contributed by atoms with Crippen LogP contribution in [-0.2, 0) is 4.74 Å². The molecule has 0 amide bonds. The van der Waals surface area contributed by atoms with E-state index in [1.807, 2.05) is 39.3 Å². The number of rotatable bonds is 5. The molecule has 5 heteroatoms. The van der Waals surface area contributed by atoms with E-state index in [-0.39, 0.29) is 24.5 Å². The lowest BCUT2D eigenvalue weighted by molar-refractivity contribution is -0.873. The van der Waals surface area contributed by atoms with E-state index in [1.165, 1.54) is 0 Å². The third kappa shape index (κ3) is 6.24. The van der Waals surface area contributed by atoms with Crippen molar-refractivity contribution in [1.82, 2.24) is 0 Å². The minimum atomic E-state index is -0.315. The van der Waals surface area contributed by atoms with Crippen molar-refractivity contribution in [2.24, 2.45) is 0 Å². The lowest BCUT2D eigenvalue weighted by Gasteiger charge is -2.28. The van der Waals surface area contributed by atoms with Gasteiger partial charge in [0.1, 0.15) is 6.54 Å². The Morgan fingerprint density at radius 3 is 2.28 bits per heavy atom. The quantitative estimate of drug-likeness (QED) is 0.402. The number of ether oxygens (including phenoxy) is 1. The van der Waals surface area contributed by atoms with Crippen LogP contribution in [-0.4, -0.2) is 50.1 Å². The fourth-order valence-corrected chi connectivity index (χ4v) is 1.68. The second kappa shape index (κ2) is 7.62. The summed E-state index contributed by atoms with van der Waals surface area (Å²) in [4.78, 5) is 11.8. The van der Waals surface area contributed by atoms with Gasteiger partial charge in [-0.25, -0.2) is 4.79 Å². The Bertz CT molecular complexity index is 363. The van der Waals surface area contributed by atoms with Gasteiger partial charge in [-0.1, -0.05) is 18.2 Å². The number of carbonyl (C=O) groups is 1. The molecule has 0 radical (unpaired) electrons. The van der Waals surface area contributed by atoms with Crippen LogP contribution in [0.1, 0.15) is 10.4 Å². The number of hydrogen-bond acceptors (Lipinski definition) is 2. The summed E-state index contributed by atoms with van der Waals surface area (Å²) in [6, 6.07) is 8.96. The summed E-state index contributed by atoms with van der Waals surface area (Å²) in [6.45, 7) is 0.697. The molecule has 3 nitrogen and oxygen atoms in total. The molecule has 0 N–H and O–H groups in total. The number of carbonyl (C=O) groups excluding carboxylic acids is 1. The van der Waals surface area contributed by atoms with Gasteiger partial charge in [0.2, 0.25) is 0 Å². The Labute approximate surface area is 120 Å². The van der Waals surface area contributed by atoms with Crippen LogP contribution < -0.4 is 12.4 Å². The number of nitrogens with zero attached hydrogens (tertiary/aromatic N) is 1. The molecule has 1 unspecified atom stereocenters. The SMILES string of the molecule is C[N+](C)(C)CC(CCl)OC(=O)c1ccccc1.[Cl-]. The second-order valence-electron chi connectivity index (χ2n) is 5.02. The molecular formula is C13H19Cl2NO2. The average molecular weight is 292 g/mol. The third-order valence-electron chi connectivity index (χ3n) is 2.21. The Morgan fingerprint density at radius 1 is 1.28 bits per heavy atom. The Morgan fingerprint density at radius 2 is 1.83 bits per heavy atom. The van der Waals surface area contributed by atoms with E-state index >= 15 is 0 Å². The van der Waals surface area contributed by atoms with Crippen LogP contribution in [0.3, 0.4) is 0 Å². The van der Waals surface area contributed by atoms with Crippen molar-refractivity contribution in [1.29, 1.82) is 0 Å². The standard InChI is InChI=1S/C13H19ClNO2.ClH/c1-15(2,3)10-12(9-14)17-13(16)11-7-5-4-6-8-11;/h4-8,12H,9-10H2,1-3H3;1H/q+1;/p-1. The summed E-state index contributed by atoms with van der Waals surface area (Å²) < 4.78 is 6.08. The Hall–Kier alpha value is -0.770. The number of alkyl halides is 1. The minimum absolute atomic E-state index is 0. The number of esters is 1. The highest BCUT2D eigenvalue weighted by atomic mass is 35.5. The van der Waals surface area contributed by atoms with E-state index in [9.17, 15) is 4.79 Å². The first-order chi connectivity index (χ1) is 7.92. The smallest absolute Gasteiger partial charge is 0.338 e. The summed E-state index contributed by atoms with van der Waals surface area (Å²) in [7, 11) is 6.11. The van der Waals surface area contributed by atoms with Gasteiger partial charge in [-0.2, -0.15) is 0 Å². The van der Waals surface area contributed by atoms with E-state index in [0.717, 1.165) is 0 Å². The van der Waals surface area contributed by atoms with Crippen LogP contribution in [0.2, 0.25) is 0 Å². The Balaban J connectivity index is 0.00000289. The van der Waals surface area contributed by atoms with Crippen molar-refractivity contribution in [2.45, 2.75) is 6.10 Å². The number of benzene rings is 1. The summed E-state index contributed by atoms with van der Waals surface area (Å²) in [6.07, 6.45) is -0.260. The first kappa shape index (κ1) is 17.2. The molecule has 18 heavy (non-hydrogen) atoms. The molecule has 0 spiro atoms. The summed E-state index contributed by atoms with van der Waals surface area (Å²) in [5.41, 5.74) is 0.559. The normalized spacial score (nSPS) is 12.4. The van der Waals surface area contributed by atoms with Gasteiger partial charge >= 0.3 is 5.97 Å². The maximum Gasteiger partial charge on any atom is 0.338 e. The van der Waals surface area contributed by atoms with Crippen LogP contribution in [0.25, 0.3) is 0 Å². The van der Waals surface area contributed by atoms with Crippen molar-refractivity contribution in [3.8, 4) is 0 Å². The molecule has 0 aromatic heterocycles. The predicted octanol–water partition coefficient (Wildman–Crippen LogP) is -0.839. The highest BCUT2D eigenvalue weighted by Crippen LogP contribution is 2.07. The van der Waals surface area contributed by atoms with Gasteiger partial charge in [-0.3, -0.25) is 0 Å². The summed E-state index contributed by atoms with van der Waals surface area (Å²) in [5, 5.41) is 0. The lowest BCUT2D eigenvalue weighted by atomic mass is 10.2. The van der Waals surface area contributed by atoms with Gasteiger partial charge < -0.3 is 21.6 Å². The average Bonchev–Trinajstić information content (AvgIpc) is 2.27. The van der Waals surface area contributed by atoms with E-state index < -0.39 is 0 Å². The van der Waals surface area contributed by atoms with E-state index in [1.54, 1.807) is 12.1 Å². The zero-order chi connectivity index (χ0) is 12.9. The molecule has 0 fully saturated rings. The fourth-order valence-electron chi connectivity index (χ4n) is 1.52. The molecule has 0 aliphatic rings. The van der Waals surface area contributed by atoms with Gasteiger partial charge in [0.05, 0.1) is 32.6 Å². The van der Waals surface area contributed by atoms with Crippen molar-refractivity contribution in [3.63, 3.8) is 0 Å². The second-order valence-corrected chi connectivity index (χ2v) is 5.33. The van der Waals surface area contributed by atoms with Crippen molar-refractivity contribution in [3.05, 3.63) is 35.9 Å². The molecule has 102 valence electrons. The number of likely N-dealkylation sites (N-methyl/N-ethyl adjacent to an activating group) is 1. The van der Waals surface area contributed by atoms with Gasteiger partial charge in [0.15, 0.2) is 6.10 Å². The van der Waals surface area contributed by atoms with Crippen LogP contribution in [0.4, 0.5) is 0 Å². The fraction of sp³-hybridized carbons (Fsp3) is 0.462. The number of halogens is 2. The largest absolute Gasteiger partial charge is 1.00 e. The van der Waals surface area contributed by atoms with Gasteiger partial charge in [-0.15, -0.1) is 11.6 Å². The molecule has 1 atom stereocenters. The first-order valence-electron chi connectivity index (χ1n) is 5.55. The van der Waals surface area contributed by atoms with Crippen molar-refractivity contribution < 1.29 is 26.4 Å². The zero-order valence-corrected chi connectivity index (χ0v) is 12.4. The first-order valence-corrected chi connectivity index (χ1v) is 6.08. The molecule has 1 aromatic carbocycles. The van der Waals surface area contributed by atoms with E-state index in [2.05, 4.69) is 0 Å². The molecule has 1 rings (SSSR count). The molecule has 0 saturated heterocycles. The van der Waals surface area contributed by atoms with E-state index in [0.29, 0.717) is 22.5 Å². The van der Waals surface area contributed by atoms with Crippen molar-refractivity contribution in [2.75, 3.05) is 33.6 Å². The maximum absolute atomic E-state index is 11.8.